The molecular weight excluding hydrogens is 214 g/mol. The van der Waals surface area contributed by atoms with Gasteiger partial charge in [-0.1, -0.05) is 0 Å². The maximum atomic E-state index is 11.7. The van der Waals surface area contributed by atoms with E-state index in [0.717, 1.165) is 12.2 Å². The van der Waals surface area contributed by atoms with Gasteiger partial charge >= 0.3 is 0 Å². The van der Waals surface area contributed by atoms with E-state index in [4.69, 9.17) is 0 Å². The third kappa shape index (κ3) is 2.87. The van der Waals surface area contributed by atoms with Crippen molar-refractivity contribution in [1.29, 1.82) is 0 Å². The molecule has 17 heavy (non-hydrogen) atoms. The molecule has 0 atom stereocenters. The van der Waals surface area contributed by atoms with Crippen molar-refractivity contribution >= 4 is 11.9 Å². The predicted octanol–water partition coefficient (Wildman–Crippen LogP) is 2.19. The summed E-state index contributed by atoms with van der Waals surface area (Å²) in [5, 5.41) is 4.26. The first-order valence-electron chi connectivity index (χ1n) is 5.45. The Labute approximate surface area is 99.6 Å². The molecule has 0 aromatic carbocycles. The van der Waals surface area contributed by atoms with Crippen molar-refractivity contribution in [3.05, 3.63) is 54.1 Å². The Hall–Kier alpha value is -2.23. The van der Waals surface area contributed by atoms with Crippen molar-refractivity contribution in [2.24, 2.45) is 0 Å². The zero-order valence-electron chi connectivity index (χ0n) is 9.58. The summed E-state index contributed by atoms with van der Waals surface area (Å²) in [7, 11) is 0. The van der Waals surface area contributed by atoms with Crippen LogP contribution < -0.4 is 0 Å². The number of aromatic nitrogens is 3. The summed E-state index contributed by atoms with van der Waals surface area (Å²) >= 11 is 0. The van der Waals surface area contributed by atoms with Crippen LogP contribution in [0, 0.1) is 0 Å². The van der Waals surface area contributed by atoms with E-state index >= 15 is 0 Å². The van der Waals surface area contributed by atoms with Crippen LogP contribution in [0.4, 0.5) is 0 Å². The van der Waals surface area contributed by atoms with Crippen molar-refractivity contribution in [1.82, 2.24) is 14.8 Å². The number of rotatable bonds is 4. The van der Waals surface area contributed by atoms with E-state index in [1.54, 1.807) is 30.6 Å². The van der Waals surface area contributed by atoms with E-state index in [0.29, 0.717) is 5.56 Å². The van der Waals surface area contributed by atoms with E-state index in [-0.39, 0.29) is 5.78 Å². The van der Waals surface area contributed by atoms with Gasteiger partial charge in [-0.15, -0.1) is 0 Å². The van der Waals surface area contributed by atoms with Gasteiger partial charge in [0.1, 0.15) is 0 Å². The molecule has 0 aliphatic heterocycles. The van der Waals surface area contributed by atoms with Crippen molar-refractivity contribution < 1.29 is 4.79 Å². The topological polar surface area (TPSA) is 47.8 Å². The molecule has 4 nitrogen and oxygen atoms in total. The summed E-state index contributed by atoms with van der Waals surface area (Å²) in [4.78, 5) is 15.6. The quantitative estimate of drug-likeness (QED) is 0.594. The number of pyridine rings is 1. The minimum atomic E-state index is -0.0656. The SMILES string of the molecule is CCn1ccc(/C=C/C(=O)c2cccnc2)n1. The fourth-order valence-corrected chi connectivity index (χ4v) is 1.41. The number of aryl methyl sites for hydroxylation is 1. The molecular formula is C13H13N3O. The average molecular weight is 227 g/mol. The van der Waals surface area contributed by atoms with Gasteiger partial charge < -0.3 is 0 Å². The molecule has 0 aliphatic carbocycles. The van der Waals surface area contributed by atoms with Gasteiger partial charge in [-0.3, -0.25) is 14.5 Å². The number of hydrogen-bond donors (Lipinski definition) is 0. The monoisotopic (exact) mass is 227 g/mol. The Morgan fingerprint density at radius 1 is 1.47 bits per heavy atom. The second-order valence-electron chi connectivity index (χ2n) is 3.54. The van der Waals surface area contributed by atoms with Crippen LogP contribution in [0.25, 0.3) is 6.08 Å². The third-order valence-corrected chi connectivity index (χ3v) is 2.34. The summed E-state index contributed by atoms with van der Waals surface area (Å²) < 4.78 is 1.81. The van der Waals surface area contributed by atoms with Gasteiger partial charge in [0, 0.05) is 30.7 Å². The molecule has 86 valence electrons. The molecule has 2 aromatic heterocycles. The Morgan fingerprint density at radius 3 is 3.00 bits per heavy atom. The second kappa shape index (κ2) is 5.21. The Kier molecular flexibility index (Phi) is 3.45. The lowest BCUT2D eigenvalue weighted by atomic mass is 10.2. The number of ketones is 1. The molecule has 0 aliphatic rings. The van der Waals surface area contributed by atoms with Gasteiger partial charge in [0.25, 0.3) is 0 Å². The van der Waals surface area contributed by atoms with Crippen LogP contribution in [-0.4, -0.2) is 20.5 Å². The predicted molar refractivity (Wildman–Crippen MR) is 65.5 cm³/mol. The molecule has 0 spiro atoms. The average Bonchev–Trinajstić information content (AvgIpc) is 2.85. The maximum Gasteiger partial charge on any atom is 0.187 e. The molecule has 2 heterocycles. The van der Waals surface area contributed by atoms with Crippen LogP contribution in [0.15, 0.2) is 42.9 Å². The maximum absolute atomic E-state index is 11.7. The van der Waals surface area contributed by atoms with Crippen LogP contribution in [0.2, 0.25) is 0 Å². The van der Waals surface area contributed by atoms with Crippen molar-refractivity contribution in [3.63, 3.8) is 0 Å². The summed E-state index contributed by atoms with van der Waals surface area (Å²) in [5.74, 6) is -0.0656. The number of hydrogen-bond acceptors (Lipinski definition) is 3. The lowest BCUT2D eigenvalue weighted by molar-refractivity contribution is 0.104. The fraction of sp³-hybridized carbons (Fsp3) is 0.154. The van der Waals surface area contributed by atoms with E-state index in [9.17, 15) is 4.79 Å². The van der Waals surface area contributed by atoms with Gasteiger partial charge in [0.2, 0.25) is 0 Å². The molecule has 4 heteroatoms. The van der Waals surface area contributed by atoms with Crippen LogP contribution in [0.5, 0.6) is 0 Å². The van der Waals surface area contributed by atoms with Crippen LogP contribution in [0.3, 0.4) is 0 Å². The minimum Gasteiger partial charge on any atom is -0.289 e. The van der Waals surface area contributed by atoms with Gasteiger partial charge in [-0.25, -0.2) is 0 Å². The van der Waals surface area contributed by atoms with Gasteiger partial charge in [0.05, 0.1) is 5.69 Å². The summed E-state index contributed by atoms with van der Waals surface area (Å²) in [5.41, 5.74) is 1.36. The first-order valence-corrected chi connectivity index (χ1v) is 5.45. The van der Waals surface area contributed by atoms with E-state index in [1.807, 2.05) is 23.9 Å². The van der Waals surface area contributed by atoms with Gasteiger partial charge in [0.15, 0.2) is 5.78 Å². The molecule has 2 rings (SSSR count). The lowest BCUT2D eigenvalue weighted by Gasteiger charge is -1.93. The van der Waals surface area contributed by atoms with E-state index < -0.39 is 0 Å². The minimum absolute atomic E-state index is 0.0656. The second-order valence-corrected chi connectivity index (χ2v) is 3.54. The van der Waals surface area contributed by atoms with Crippen LogP contribution in [0.1, 0.15) is 23.0 Å². The normalized spacial score (nSPS) is 10.9. The Bertz CT molecular complexity index is 529. The van der Waals surface area contributed by atoms with E-state index in [2.05, 4.69) is 10.1 Å². The number of carbonyl (C=O) groups is 1. The Morgan fingerprint density at radius 2 is 2.35 bits per heavy atom. The Balaban J connectivity index is 2.08. The summed E-state index contributed by atoms with van der Waals surface area (Å²) in [6.45, 7) is 2.84. The largest absolute Gasteiger partial charge is 0.289 e. The molecule has 2 aromatic rings. The fourth-order valence-electron chi connectivity index (χ4n) is 1.41. The van der Waals surface area contributed by atoms with Crippen molar-refractivity contribution in [2.45, 2.75) is 13.5 Å². The van der Waals surface area contributed by atoms with Crippen molar-refractivity contribution in [3.8, 4) is 0 Å². The zero-order valence-corrected chi connectivity index (χ0v) is 9.58. The lowest BCUT2D eigenvalue weighted by Crippen LogP contribution is -1.95. The third-order valence-electron chi connectivity index (χ3n) is 2.34. The molecule has 0 fully saturated rings. The highest BCUT2D eigenvalue weighted by molar-refractivity contribution is 6.06. The molecule has 0 bridgehead atoms. The number of allylic oxidation sites excluding steroid dienone is 1. The summed E-state index contributed by atoms with van der Waals surface area (Å²) in [6, 6.07) is 5.35. The van der Waals surface area contributed by atoms with Crippen LogP contribution >= 0.6 is 0 Å². The van der Waals surface area contributed by atoms with Gasteiger partial charge in [-0.05, 0) is 37.3 Å². The smallest absolute Gasteiger partial charge is 0.187 e. The van der Waals surface area contributed by atoms with E-state index in [1.165, 1.54) is 6.08 Å². The standard InChI is InChI=1S/C13H13N3O/c1-2-16-9-7-12(15-16)5-6-13(17)11-4-3-8-14-10-11/h3-10H,2H2,1H3/b6-5+. The molecule has 0 N–H and O–H groups in total. The number of nitrogens with zero attached hydrogens (tertiary/aromatic N) is 3. The highest BCUT2D eigenvalue weighted by Crippen LogP contribution is 2.03. The van der Waals surface area contributed by atoms with Crippen LogP contribution in [-0.2, 0) is 6.54 Å². The first-order chi connectivity index (χ1) is 8.29. The zero-order chi connectivity index (χ0) is 12.1. The molecule has 0 radical (unpaired) electrons. The molecule has 0 saturated heterocycles. The highest BCUT2D eigenvalue weighted by atomic mass is 16.1. The van der Waals surface area contributed by atoms with Crippen molar-refractivity contribution in [2.75, 3.05) is 0 Å². The van der Waals surface area contributed by atoms with Gasteiger partial charge in [-0.2, -0.15) is 5.10 Å². The molecule has 0 unspecified atom stereocenters. The summed E-state index contributed by atoms with van der Waals surface area (Å²) in [6.07, 6.45) is 8.30. The molecule has 0 amide bonds. The first kappa shape index (κ1) is 11.3. The molecule has 0 saturated carbocycles. The highest BCUT2D eigenvalue weighted by Gasteiger charge is 2.00. The number of carbonyl (C=O) groups excluding carboxylic acids is 1.